The molecule has 0 spiro atoms. The second-order valence-corrected chi connectivity index (χ2v) is 7.07. The molecule has 0 bridgehead atoms. The molecule has 0 aliphatic rings. The highest BCUT2D eigenvalue weighted by molar-refractivity contribution is 6.35. The number of rotatable bonds is 8. The lowest BCUT2D eigenvalue weighted by Crippen LogP contribution is -2.17. The van der Waals surface area contributed by atoms with Crippen LogP contribution in [0.2, 0.25) is 10.0 Å². The third-order valence-electron chi connectivity index (χ3n) is 4.08. The van der Waals surface area contributed by atoms with Crippen LogP contribution in [0, 0.1) is 0 Å². The summed E-state index contributed by atoms with van der Waals surface area (Å²) in [7, 11) is 0. The number of amides is 1. The van der Waals surface area contributed by atoms with Crippen molar-refractivity contribution >= 4 is 35.3 Å². The average Bonchev–Trinajstić information content (AvgIpc) is 2.75. The van der Waals surface area contributed by atoms with Crippen molar-refractivity contribution in [3.63, 3.8) is 0 Å². The molecule has 3 rings (SSSR count). The number of hydrogen-bond donors (Lipinski definition) is 1. The zero-order valence-corrected chi connectivity index (χ0v) is 17.8. The van der Waals surface area contributed by atoms with E-state index in [0.717, 1.165) is 11.1 Å². The van der Waals surface area contributed by atoms with Gasteiger partial charge in [0.25, 0.3) is 5.91 Å². The minimum Gasteiger partial charge on any atom is -0.490 e. The van der Waals surface area contributed by atoms with E-state index in [1.54, 1.807) is 54.7 Å². The van der Waals surface area contributed by atoms with Crippen LogP contribution < -0.4 is 14.9 Å². The molecule has 0 atom stereocenters. The van der Waals surface area contributed by atoms with Crippen molar-refractivity contribution in [2.45, 2.75) is 13.5 Å². The molecule has 7 heteroatoms. The number of halogens is 2. The number of ether oxygens (including phenoxy) is 2. The van der Waals surface area contributed by atoms with Crippen LogP contribution in [-0.4, -0.2) is 18.7 Å². The highest BCUT2D eigenvalue weighted by Crippen LogP contribution is 2.30. The summed E-state index contributed by atoms with van der Waals surface area (Å²) >= 11 is 12.1. The zero-order valence-electron chi connectivity index (χ0n) is 16.3. The summed E-state index contributed by atoms with van der Waals surface area (Å²) < 4.78 is 11.6. The Bertz CT molecular complexity index is 1040. The molecule has 0 saturated heterocycles. The molecule has 0 aliphatic carbocycles. The second-order valence-electron chi connectivity index (χ2n) is 6.23. The molecule has 154 valence electrons. The van der Waals surface area contributed by atoms with Gasteiger partial charge in [-0.3, -0.25) is 4.79 Å². The van der Waals surface area contributed by atoms with Crippen LogP contribution in [-0.2, 0) is 6.61 Å². The smallest absolute Gasteiger partial charge is 0.271 e. The van der Waals surface area contributed by atoms with Gasteiger partial charge in [-0.25, -0.2) is 5.43 Å². The summed E-state index contributed by atoms with van der Waals surface area (Å²) in [4.78, 5) is 12.0. The lowest BCUT2D eigenvalue weighted by atomic mass is 10.2. The van der Waals surface area contributed by atoms with Crippen LogP contribution in [0.25, 0.3) is 0 Å². The van der Waals surface area contributed by atoms with E-state index in [4.69, 9.17) is 32.7 Å². The van der Waals surface area contributed by atoms with Crippen LogP contribution in [0.1, 0.15) is 28.4 Å². The van der Waals surface area contributed by atoms with Crippen LogP contribution in [0.4, 0.5) is 0 Å². The molecule has 1 N–H and O–H groups in total. The summed E-state index contributed by atoms with van der Waals surface area (Å²) in [5.74, 6) is 0.867. The molecule has 1 amide bonds. The lowest BCUT2D eigenvalue weighted by molar-refractivity contribution is 0.0955. The van der Waals surface area contributed by atoms with Crippen molar-refractivity contribution in [3.05, 3.63) is 93.5 Å². The topological polar surface area (TPSA) is 59.9 Å². The summed E-state index contributed by atoms with van der Waals surface area (Å²) in [5.41, 5.74) is 4.61. The maximum atomic E-state index is 12.0. The third-order valence-corrected chi connectivity index (χ3v) is 4.67. The van der Waals surface area contributed by atoms with Crippen molar-refractivity contribution in [3.8, 4) is 11.5 Å². The van der Waals surface area contributed by atoms with E-state index >= 15 is 0 Å². The monoisotopic (exact) mass is 442 g/mol. The second kappa shape index (κ2) is 10.7. The minimum atomic E-state index is -0.281. The molecule has 5 nitrogen and oxygen atoms in total. The van der Waals surface area contributed by atoms with E-state index in [-0.39, 0.29) is 12.5 Å². The summed E-state index contributed by atoms with van der Waals surface area (Å²) in [5, 5.41) is 5.12. The lowest BCUT2D eigenvalue weighted by Gasteiger charge is -2.13. The fourth-order valence-electron chi connectivity index (χ4n) is 2.61. The number of benzene rings is 3. The number of carbonyl (C=O) groups excluding carboxylic acids is 1. The maximum Gasteiger partial charge on any atom is 0.271 e. The Balaban J connectivity index is 1.67. The standard InChI is InChI=1S/C23H20Cl2N2O3/c1-2-29-22-12-16(14-26-27-23(28)17-6-4-3-5-7-17)8-11-21(22)30-15-18-9-10-19(24)13-20(18)25/h3-14H,2,15H2,1H3,(H,27,28)/b26-14-. The summed E-state index contributed by atoms with van der Waals surface area (Å²) in [6.45, 7) is 2.64. The molecule has 0 unspecified atom stereocenters. The molecular weight excluding hydrogens is 423 g/mol. The van der Waals surface area contributed by atoms with Gasteiger partial charge in [0.15, 0.2) is 11.5 Å². The molecule has 0 fully saturated rings. The van der Waals surface area contributed by atoms with Crippen LogP contribution in [0.15, 0.2) is 71.8 Å². The predicted molar refractivity (Wildman–Crippen MR) is 120 cm³/mol. The van der Waals surface area contributed by atoms with E-state index in [1.165, 1.54) is 0 Å². The molecule has 0 saturated carbocycles. The fourth-order valence-corrected chi connectivity index (χ4v) is 3.07. The van der Waals surface area contributed by atoms with Gasteiger partial charge in [0.05, 0.1) is 12.8 Å². The summed E-state index contributed by atoms with van der Waals surface area (Å²) in [6, 6.07) is 19.5. The van der Waals surface area contributed by atoms with Crippen molar-refractivity contribution in [2.24, 2.45) is 5.10 Å². The zero-order chi connectivity index (χ0) is 21.3. The Morgan fingerprint density at radius 1 is 1.00 bits per heavy atom. The van der Waals surface area contributed by atoms with Gasteiger partial charge in [-0.05, 0) is 55.0 Å². The highest BCUT2D eigenvalue weighted by atomic mass is 35.5. The SMILES string of the molecule is CCOc1cc(/C=N\NC(=O)c2ccccc2)ccc1OCc1ccc(Cl)cc1Cl. The first kappa shape index (κ1) is 21.7. The van der Waals surface area contributed by atoms with Gasteiger partial charge in [0.1, 0.15) is 6.61 Å². The Morgan fingerprint density at radius 2 is 1.80 bits per heavy atom. The van der Waals surface area contributed by atoms with Crippen LogP contribution in [0.3, 0.4) is 0 Å². The number of hydrazone groups is 1. The predicted octanol–water partition coefficient (Wildman–Crippen LogP) is 5.74. The third kappa shape index (κ3) is 5.99. The van der Waals surface area contributed by atoms with Gasteiger partial charge in [0, 0.05) is 21.2 Å². The number of carbonyl (C=O) groups is 1. The number of nitrogens with one attached hydrogen (secondary N) is 1. The van der Waals surface area contributed by atoms with Crippen molar-refractivity contribution in [2.75, 3.05) is 6.61 Å². The van der Waals surface area contributed by atoms with E-state index in [1.807, 2.05) is 25.1 Å². The number of nitrogens with zero attached hydrogens (tertiary/aromatic N) is 1. The Hall–Kier alpha value is -3.02. The quantitative estimate of drug-likeness (QED) is 0.357. The maximum absolute atomic E-state index is 12.0. The molecule has 30 heavy (non-hydrogen) atoms. The van der Waals surface area contributed by atoms with Gasteiger partial charge < -0.3 is 9.47 Å². The average molecular weight is 443 g/mol. The molecule has 3 aromatic carbocycles. The highest BCUT2D eigenvalue weighted by Gasteiger charge is 2.09. The van der Waals surface area contributed by atoms with Gasteiger partial charge in [-0.2, -0.15) is 5.10 Å². The first-order valence-electron chi connectivity index (χ1n) is 9.29. The van der Waals surface area contributed by atoms with E-state index in [2.05, 4.69) is 10.5 Å². The molecular formula is C23H20Cl2N2O3. The van der Waals surface area contributed by atoms with Gasteiger partial charge in [0.2, 0.25) is 0 Å². The summed E-state index contributed by atoms with van der Waals surface area (Å²) in [6.07, 6.45) is 1.54. The minimum absolute atomic E-state index is 0.274. The van der Waals surface area contributed by atoms with Gasteiger partial charge in [-0.15, -0.1) is 0 Å². The normalized spacial score (nSPS) is 10.8. The van der Waals surface area contributed by atoms with Crippen molar-refractivity contribution in [1.29, 1.82) is 0 Å². The Kier molecular flexibility index (Phi) is 7.71. The van der Waals surface area contributed by atoms with Crippen molar-refractivity contribution in [1.82, 2.24) is 5.43 Å². The van der Waals surface area contributed by atoms with E-state index < -0.39 is 0 Å². The molecule has 0 radical (unpaired) electrons. The first-order valence-corrected chi connectivity index (χ1v) is 10.0. The van der Waals surface area contributed by atoms with E-state index in [9.17, 15) is 4.79 Å². The number of hydrogen-bond acceptors (Lipinski definition) is 4. The largest absolute Gasteiger partial charge is 0.490 e. The van der Waals surface area contributed by atoms with Gasteiger partial charge >= 0.3 is 0 Å². The Labute approximate surface area is 185 Å². The molecule has 0 heterocycles. The van der Waals surface area contributed by atoms with Crippen molar-refractivity contribution < 1.29 is 14.3 Å². The molecule has 3 aromatic rings. The fraction of sp³-hybridized carbons (Fsp3) is 0.130. The first-order chi connectivity index (χ1) is 14.6. The van der Waals surface area contributed by atoms with E-state index in [0.29, 0.717) is 33.7 Å². The van der Waals surface area contributed by atoms with Crippen LogP contribution in [0.5, 0.6) is 11.5 Å². The van der Waals surface area contributed by atoms with Crippen LogP contribution >= 0.6 is 23.2 Å². The molecule has 0 aliphatic heterocycles. The Morgan fingerprint density at radius 3 is 2.53 bits per heavy atom. The molecule has 0 aromatic heterocycles. The van der Waals surface area contributed by atoms with Gasteiger partial charge in [-0.1, -0.05) is 47.5 Å².